The van der Waals surface area contributed by atoms with Crippen LogP contribution in [0, 0.1) is 13.8 Å². The van der Waals surface area contributed by atoms with Crippen LogP contribution in [-0.4, -0.2) is 25.3 Å². The van der Waals surface area contributed by atoms with Gasteiger partial charge in [-0.25, -0.2) is 0 Å². The third-order valence-corrected chi connectivity index (χ3v) is 3.32. The molecule has 5 heteroatoms. The summed E-state index contributed by atoms with van der Waals surface area (Å²) in [5.41, 5.74) is 3.82. The van der Waals surface area contributed by atoms with Crippen LogP contribution < -0.4 is 10.1 Å². The van der Waals surface area contributed by atoms with Gasteiger partial charge in [-0.05, 0) is 62.2 Å². The molecule has 0 unspecified atom stereocenters. The van der Waals surface area contributed by atoms with Crippen molar-refractivity contribution in [3.05, 3.63) is 59.2 Å². The summed E-state index contributed by atoms with van der Waals surface area (Å²) in [5, 5.41) is 6.61. The van der Waals surface area contributed by atoms with E-state index in [1.54, 1.807) is 6.21 Å². The number of benzene rings is 2. The van der Waals surface area contributed by atoms with E-state index in [0.717, 1.165) is 28.1 Å². The zero-order valence-corrected chi connectivity index (χ0v) is 14.2. The van der Waals surface area contributed by atoms with Crippen LogP contribution in [0.2, 0.25) is 0 Å². The van der Waals surface area contributed by atoms with E-state index in [-0.39, 0.29) is 12.5 Å². The molecule has 0 aliphatic heterocycles. The lowest BCUT2D eigenvalue weighted by atomic mass is 10.1. The maximum atomic E-state index is 11.9. The van der Waals surface area contributed by atoms with Crippen molar-refractivity contribution >= 4 is 17.8 Å². The normalized spacial score (nSPS) is 10.6. The highest BCUT2D eigenvalue weighted by atomic mass is 16.6. The van der Waals surface area contributed by atoms with E-state index >= 15 is 0 Å². The number of hydrogen-bond donors (Lipinski definition) is 1. The zero-order chi connectivity index (χ0) is 17.4. The van der Waals surface area contributed by atoms with Gasteiger partial charge in [0, 0.05) is 5.69 Å². The first-order valence-electron chi connectivity index (χ1n) is 7.84. The van der Waals surface area contributed by atoms with Gasteiger partial charge in [0.2, 0.25) is 0 Å². The van der Waals surface area contributed by atoms with E-state index in [2.05, 4.69) is 10.5 Å². The fourth-order valence-electron chi connectivity index (χ4n) is 2.15. The Morgan fingerprint density at radius 2 is 1.92 bits per heavy atom. The van der Waals surface area contributed by atoms with Crippen molar-refractivity contribution in [1.29, 1.82) is 0 Å². The zero-order valence-electron chi connectivity index (χ0n) is 14.2. The topological polar surface area (TPSA) is 59.9 Å². The number of ether oxygens (including phenoxy) is 1. The van der Waals surface area contributed by atoms with Crippen molar-refractivity contribution in [3.63, 3.8) is 0 Å². The van der Waals surface area contributed by atoms with E-state index < -0.39 is 0 Å². The Bertz CT molecular complexity index is 709. The summed E-state index contributed by atoms with van der Waals surface area (Å²) in [5.74, 6) is 0.564. The number of nitrogens with zero attached hydrogens (tertiary/aromatic N) is 1. The molecule has 126 valence electrons. The molecule has 0 heterocycles. The standard InChI is InChI=1S/C19H22N2O3/c1-4-23-17-8-6-16(7-9-17)12-20-24-13-19(22)21-18-10-5-14(2)11-15(18)3/h5-12H,4,13H2,1-3H3,(H,21,22)/b20-12+. The number of amides is 1. The molecule has 24 heavy (non-hydrogen) atoms. The Kier molecular flexibility index (Phi) is 6.37. The van der Waals surface area contributed by atoms with E-state index in [9.17, 15) is 4.79 Å². The van der Waals surface area contributed by atoms with E-state index in [0.29, 0.717) is 6.61 Å². The lowest BCUT2D eigenvalue weighted by Gasteiger charge is -2.08. The van der Waals surface area contributed by atoms with Crippen LogP contribution in [0.3, 0.4) is 0 Å². The van der Waals surface area contributed by atoms with E-state index in [1.807, 2.05) is 63.2 Å². The number of anilines is 1. The second kappa shape index (κ2) is 8.72. The largest absolute Gasteiger partial charge is 0.494 e. The minimum atomic E-state index is -0.245. The molecule has 2 aromatic rings. The highest BCUT2D eigenvalue weighted by molar-refractivity contribution is 5.92. The number of oxime groups is 1. The predicted octanol–water partition coefficient (Wildman–Crippen LogP) is 3.69. The van der Waals surface area contributed by atoms with Gasteiger partial charge in [0.25, 0.3) is 5.91 Å². The van der Waals surface area contributed by atoms with E-state index in [4.69, 9.17) is 9.57 Å². The molecular formula is C19H22N2O3. The molecule has 0 spiro atoms. The first-order valence-corrected chi connectivity index (χ1v) is 7.84. The van der Waals surface area contributed by atoms with Crippen LogP contribution in [0.4, 0.5) is 5.69 Å². The molecule has 1 amide bonds. The second-order valence-electron chi connectivity index (χ2n) is 5.38. The van der Waals surface area contributed by atoms with Gasteiger partial charge in [0.1, 0.15) is 5.75 Å². The minimum absolute atomic E-state index is 0.138. The number of carbonyl (C=O) groups is 1. The van der Waals surface area contributed by atoms with Gasteiger partial charge in [-0.1, -0.05) is 22.9 Å². The van der Waals surface area contributed by atoms with Crippen LogP contribution in [-0.2, 0) is 9.63 Å². The summed E-state index contributed by atoms with van der Waals surface area (Å²) in [7, 11) is 0. The van der Waals surface area contributed by atoms with Crippen LogP contribution in [0.15, 0.2) is 47.6 Å². The SMILES string of the molecule is CCOc1ccc(/C=N/OCC(=O)Nc2ccc(C)cc2C)cc1. The monoisotopic (exact) mass is 326 g/mol. The fraction of sp³-hybridized carbons (Fsp3) is 0.263. The average molecular weight is 326 g/mol. The quantitative estimate of drug-likeness (QED) is 0.623. The summed E-state index contributed by atoms with van der Waals surface area (Å²) in [6.45, 7) is 6.39. The van der Waals surface area contributed by atoms with Gasteiger partial charge in [-0.3, -0.25) is 4.79 Å². The molecule has 0 aromatic heterocycles. The molecule has 0 aliphatic carbocycles. The Balaban J connectivity index is 1.79. The molecule has 0 fully saturated rings. The summed E-state index contributed by atoms with van der Waals surface area (Å²) < 4.78 is 5.36. The number of rotatable bonds is 7. The number of hydrogen-bond acceptors (Lipinski definition) is 4. The first-order chi connectivity index (χ1) is 11.6. The summed E-state index contributed by atoms with van der Waals surface area (Å²) >= 11 is 0. The Morgan fingerprint density at radius 3 is 2.58 bits per heavy atom. The van der Waals surface area contributed by atoms with Crippen molar-refractivity contribution in [2.45, 2.75) is 20.8 Å². The van der Waals surface area contributed by atoms with Crippen molar-refractivity contribution in [2.75, 3.05) is 18.5 Å². The lowest BCUT2D eigenvalue weighted by Crippen LogP contribution is -2.17. The van der Waals surface area contributed by atoms with Crippen molar-refractivity contribution in [1.82, 2.24) is 0 Å². The molecule has 1 N–H and O–H groups in total. The average Bonchev–Trinajstić information content (AvgIpc) is 2.56. The van der Waals surface area contributed by atoms with Crippen molar-refractivity contribution < 1.29 is 14.4 Å². The Morgan fingerprint density at radius 1 is 1.17 bits per heavy atom. The Labute approximate surface area is 142 Å². The molecule has 5 nitrogen and oxygen atoms in total. The maximum Gasteiger partial charge on any atom is 0.265 e. The molecule has 0 atom stereocenters. The molecule has 0 radical (unpaired) electrons. The van der Waals surface area contributed by atoms with Crippen molar-refractivity contribution in [2.24, 2.45) is 5.16 Å². The predicted molar refractivity (Wildman–Crippen MR) is 95.7 cm³/mol. The number of carbonyl (C=O) groups excluding carboxylic acids is 1. The van der Waals surface area contributed by atoms with Crippen molar-refractivity contribution in [3.8, 4) is 5.75 Å². The smallest absolute Gasteiger partial charge is 0.265 e. The molecule has 0 aliphatic rings. The van der Waals surface area contributed by atoms with E-state index in [1.165, 1.54) is 0 Å². The highest BCUT2D eigenvalue weighted by Gasteiger charge is 2.05. The molecule has 0 saturated carbocycles. The molecule has 0 bridgehead atoms. The highest BCUT2D eigenvalue weighted by Crippen LogP contribution is 2.15. The number of aryl methyl sites for hydroxylation is 2. The summed E-state index contributed by atoms with van der Waals surface area (Å²) in [6, 6.07) is 13.3. The van der Waals surface area contributed by atoms with Gasteiger partial charge in [0.05, 0.1) is 12.8 Å². The summed E-state index contributed by atoms with van der Waals surface area (Å²) in [4.78, 5) is 16.9. The fourth-order valence-corrected chi connectivity index (χ4v) is 2.15. The maximum absolute atomic E-state index is 11.9. The van der Waals surface area contributed by atoms with Crippen LogP contribution >= 0.6 is 0 Å². The Hall–Kier alpha value is -2.82. The lowest BCUT2D eigenvalue weighted by molar-refractivity contribution is -0.120. The van der Waals surface area contributed by atoms with Gasteiger partial charge in [-0.15, -0.1) is 0 Å². The van der Waals surface area contributed by atoms with Gasteiger partial charge < -0.3 is 14.9 Å². The third kappa shape index (κ3) is 5.43. The molecule has 0 saturated heterocycles. The molecular weight excluding hydrogens is 304 g/mol. The first kappa shape index (κ1) is 17.5. The van der Waals surface area contributed by atoms with Crippen LogP contribution in [0.1, 0.15) is 23.6 Å². The third-order valence-electron chi connectivity index (χ3n) is 3.32. The van der Waals surface area contributed by atoms with Crippen LogP contribution in [0.5, 0.6) is 5.75 Å². The van der Waals surface area contributed by atoms with Gasteiger partial charge in [-0.2, -0.15) is 0 Å². The minimum Gasteiger partial charge on any atom is -0.494 e. The molecule has 2 rings (SSSR count). The second-order valence-corrected chi connectivity index (χ2v) is 5.38. The number of nitrogens with one attached hydrogen (secondary N) is 1. The molecule has 2 aromatic carbocycles. The van der Waals surface area contributed by atoms with Gasteiger partial charge >= 0.3 is 0 Å². The van der Waals surface area contributed by atoms with Gasteiger partial charge in [0.15, 0.2) is 6.61 Å². The summed E-state index contributed by atoms with van der Waals surface area (Å²) in [6.07, 6.45) is 1.56. The van der Waals surface area contributed by atoms with Crippen LogP contribution in [0.25, 0.3) is 0 Å².